The van der Waals surface area contributed by atoms with Crippen molar-refractivity contribution in [2.24, 2.45) is 5.73 Å². The van der Waals surface area contributed by atoms with E-state index in [0.717, 1.165) is 16.6 Å². The lowest BCUT2D eigenvalue weighted by Gasteiger charge is -2.26. The molecule has 1 aromatic carbocycles. The van der Waals surface area contributed by atoms with Crippen LogP contribution in [0.25, 0.3) is 22.3 Å². The van der Waals surface area contributed by atoms with Gasteiger partial charge in [-0.15, -0.1) is 0 Å². The van der Waals surface area contributed by atoms with Gasteiger partial charge in [0.1, 0.15) is 17.8 Å². The van der Waals surface area contributed by atoms with Crippen molar-refractivity contribution in [2.45, 2.75) is 26.3 Å². The van der Waals surface area contributed by atoms with Crippen LogP contribution in [0, 0.1) is 12.3 Å². The number of hydrogen-bond acceptors (Lipinski definition) is 5. The molecule has 3 rings (SSSR count). The van der Waals surface area contributed by atoms with E-state index in [1.165, 1.54) is 11.9 Å². The summed E-state index contributed by atoms with van der Waals surface area (Å²) in [6.07, 6.45) is 1.43. The second-order valence-corrected chi connectivity index (χ2v) is 6.66. The Hall–Kier alpha value is -3.16. The van der Waals surface area contributed by atoms with E-state index in [9.17, 15) is 0 Å². The molecule has 2 aromatic heterocycles. The lowest BCUT2D eigenvalue weighted by Crippen LogP contribution is -2.43. The van der Waals surface area contributed by atoms with Gasteiger partial charge in [-0.25, -0.2) is 14.6 Å². The number of nitrogens with one attached hydrogen (secondary N) is 2. The molecular weight excluding hydrogens is 316 g/mol. The molecule has 25 heavy (non-hydrogen) atoms. The second kappa shape index (κ2) is 6.04. The minimum absolute atomic E-state index is 0.0857. The summed E-state index contributed by atoms with van der Waals surface area (Å²) >= 11 is 0. The van der Waals surface area contributed by atoms with Crippen molar-refractivity contribution >= 4 is 22.8 Å². The highest BCUT2D eigenvalue weighted by atomic mass is 15.4. The standard InChI is InChI=1S/C17H22N8/c1-10-4-6-11(7-5-10)13-12-14(18)22-9-23-15(12)25(24-13)17(2,3)8-21-16(19)20/h4-7,9H,8H2,1-3H3,(H2,18,22,23)(H4,19,20,21). The van der Waals surface area contributed by atoms with Crippen molar-refractivity contribution < 1.29 is 0 Å². The molecule has 0 saturated carbocycles. The van der Waals surface area contributed by atoms with Gasteiger partial charge in [0.15, 0.2) is 11.6 Å². The molecule has 0 unspecified atom stereocenters. The number of benzene rings is 1. The maximum atomic E-state index is 7.39. The first-order valence-corrected chi connectivity index (χ1v) is 7.94. The van der Waals surface area contributed by atoms with Crippen molar-refractivity contribution in [3.8, 4) is 11.3 Å². The molecule has 0 atom stereocenters. The number of nitrogens with two attached hydrogens (primary N) is 2. The Labute approximate surface area is 145 Å². The highest BCUT2D eigenvalue weighted by Crippen LogP contribution is 2.32. The van der Waals surface area contributed by atoms with Gasteiger partial charge in [0.25, 0.3) is 0 Å². The molecule has 8 nitrogen and oxygen atoms in total. The fraction of sp³-hybridized carbons (Fsp3) is 0.294. The summed E-state index contributed by atoms with van der Waals surface area (Å²) in [5, 5.41) is 15.7. The summed E-state index contributed by atoms with van der Waals surface area (Å²) in [6.45, 7) is 6.45. The van der Waals surface area contributed by atoms with E-state index in [4.69, 9.17) is 22.0 Å². The van der Waals surface area contributed by atoms with Crippen LogP contribution in [-0.4, -0.2) is 32.3 Å². The zero-order valence-electron chi connectivity index (χ0n) is 14.5. The summed E-state index contributed by atoms with van der Waals surface area (Å²) in [6, 6.07) is 8.08. The van der Waals surface area contributed by atoms with E-state index in [0.29, 0.717) is 18.0 Å². The van der Waals surface area contributed by atoms with E-state index in [2.05, 4.69) is 15.3 Å². The van der Waals surface area contributed by atoms with Crippen LogP contribution in [0.15, 0.2) is 30.6 Å². The van der Waals surface area contributed by atoms with Gasteiger partial charge < -0.3 is 16.8 Å². The molecule has 0 saturated heterocycles. The van der Waals surface area contributed by atoms with Crippen molar-refractivity contribution in [2.75, 3.05) is 12.3 Å². The van der Waals surface area contributed by atoms with Crippen molar-refractivity contribution in [3.63, 3.8) is 0 Å². The smallest absolute Gasteiger partial charge is 0.185 e. The zero-order valence-corrected chi connectivity index (χ0v) is 14.5. The first kappa shape index (κ1) is 16.7. The monoisotopic (exact) mass is 338 g/mol. The van der Waals surface area contributed by atoms with Crippen LogP contribution in [0.4, 0.5) is 5.82 Å². The molecule has 0 amide bonds. The number of aromatic nitrogens is 4. The minimum Gasteiger partial charge on any atom is -0.383 e. The molecule has 0 spiro atoms. The van der Waals surface area contributed by atoms with Gasteiger partial charge in [0.2, 0.25) is 0 Å². The van der Waals surface area contributed by atoms with Crippen LogP contribution in [-0.2, 0) is 5.54 Å². The highest BCUT2D eigenvalue weighted by molar-refractivity contribution is 5.98. The number of anilines is 1. The highest BCUT2D eigenvalue weighted by Gasteiger charge is 2.27. The molecule has 0 aliphatic rings. The average Bonchev–Trinajstić information content (AvgIpc) is 2.96. The van der Waals surface area contributed by atoms with Crippen LogP contribution < -0.4 is 16.8 Å². The third kappa shape index (κ3) is 3.10. The number of rotatable bonds is 4. The van der Waals surface area contributed by atoms with Crippen LogP contribution >= 0.6 is 0 Å². The summed E-state index contributed by atoms with van der Waals surface area (Å²) in [7, 11) is 0. The fourth-order valence-electron chi connectivity index (χ4n) is 2.70. The first-order chi connectivity index (χ1) is 11.8. The van der Waals surface area contributed by atoms with Crippen molar-refractivity contribution in [1.82, 2.24) is 25.1 Å². The summed E-state index contributed by atoms with van der Waals surface area (Å²) in [4.78, 5) is 8.52. The van der Waals surface area contributed by atoms with Crippen LogP contribution in [0.3, 0.4) is 0 Å². The van der Waals surface area contributed by atoms with E-state index in [-0.39, 0.29) is 5.96 Å². The van der Waals surface area contributed by atoms with Gasteiger partial charge >= 0.3 is 0 Å². The summed E-state index contributed by atoms with van der Waals surface area (Å²) in [5.74, 6) is 0.305. The average molecular weight is 338 g/mol. The van der Waals surface area contributed by atoms with E-state index in [1.54, 1.807) is 0 Å². The third-order valence-electron chi connectivity index (χ3n) is 4.10. The molecule has 8 heteroatoms. The predicted molar refractivity (Wildman–Crippen MR) is 99.1 cm³/mol. The topological polar surface area (TPSA) is 132 Å². The third-order valence-corrected chi connectivity index (χ3v) is 4.10. The van der Waals surface area contributed by atoms with Crippen LogP contribution in [0.1, 0.15) is 19.4 Å². The minimum atomic E-state index is -0.479. The largest absolute Gasteiger partial charge is 0.383 e. The number of nitrogens with zero attached hydrogens (tertiary/aromatic N) is 4. The Morgan fingerprint density at radius 3 is 2.56 bits per heavy atom. The molecule has 3 aromatic rings. The quantitative estimate of drug-likeness (QED) is 0.422. The van der Waals surface area contributed by atoms with E-state index >= 15 is 0 Å². The fourth-order valence-corrected chi connectivity index (χ4v) is 2.70. The Morgan fingerprint density at radius 2 is 1.92 bits per heavy atom. The lowest BCUT2D eigenvalue weighted by molar-refractivity contribution is 0.327. The molecule has 0 radical (unpaired) electrons. The SMILES string of the molecule is Cc1ccc(-c2nn(C(C)(C)CNC(=N)N)c3ncnc(N)c23)cc1. The van der Waals surface area contributed by atoms with Crippen molar-refractivity contribution in [1.29, 1.82) is 5.41 Å². The summed E-state index contributed by atoms with van der Waals surface area (Å²) < 4.78 is 1.81. The Morgan fingerprint density at radius 1 is 1.24 bits per heavy atom. The van der Waals surface area contributed by atoms with Gasteiger partial charge in [-0.3, -0.25) is 5.41 Å². The predicted octanol–water partition coefficient (Wildman–Crippen LogP) is 1.60. The van der Waals surface area contributed by atoms with Gasteiger partial charge in [-0.2, -0.15) is 5.10 Å². The summed E-state index contributed by atoms with van der Waals surface area (Å²) in [5.41, 5.74) is 14.6. The van der Waals surface area contributed by atoms with E-state index < -0.39 is 5.54 Å². The van der Waals surface area contributed by atoms with E-state index in [1.807, 2.05) is 49.7 Å². The van der Waals surface area contributed by atoms with Crippen LogP contribution in [0.5, 0.6) is 0 Å². The molecule has 6 N–H and O–H groups in total. The number of guanidine groups is 1. The Bertz CT molecular complexity index is 924. The Balaban J connectivity index is 2.19. The number of fused-ring (bicyclic) bond motifs is 1. The molecule has 0 bridgehead atoms. The molecule has 130 valence electrons. The van der Waals surface area contributed by atoms with Crippen molar-refractivity contribution in [3.05, 3.63) is 36.2 Å². The molecule has 2 heterocycles. The normalized spacial score (nSPS) is 11.6. The van der Waals surface area contributed by atoms with Gasteiger partial charge in [-0.1, -0.05) is 29.8 Å². The number of aryl methyl sites for hydroxylation is 1. The second-order valence-electron chi connectivity index (χ2n) is 6.66. The Kier molecular flexibility index (Phi) is 4.03. The molecular formula is C17H22N8. The lowest BCUT2D eigenvalue weighted by atomic mass is 10.1. The maximum Gasteiger partial charge on any atom is 0.185 e. The number of hydrogen-bond donors (Lipinski definition) is 4. The first-order valence-electron chi connectivity index (χ1n) is 7.94. The molecule has 0 aliphatic carbocycles. The molecule has 0 aliphatic heterocycles. The van der Waals surface area contributed by atoms with Crippen LogP contribution in [0.2, 0.25) is 0 Å². The van der Waals surface area contributed by atoms with Gasteiger partial charge in [0, 0.05) is 12.1 Å². The van der Waals surface area contributed by atoms with Gasteiger partial charge in [-0.05, 0) is 20.8 Å². The zero-order chi connectivity index (χ0) is 18.2. The number of nitrogen functional groups attached to an aromatic ring is 1. The molecule has 0 fully saturated rings. The maximum absolute atomic E-state index is 7.39. The van der Waals surface area contributed by atoms with Gasteiger partial charge in [0.05, 0.1) is 10.9 Å².